The van der Waals surface area contributed by atoms with Crippen molar-refractivity contribution in [2.75, 3.05) is 6.61 Å². The van der Waals surface area contributed by atoms with Gasteiger partial charge in [0.15, 0.2) is 0 Å². The molecular formula is C16H17NO3. The van der Waals surface area contributed by atoms with Gasteiger partial charge in [0.05, 0.1) is 19.3 Å². The van der Waals surface area contributed by atoms with Gasteiger partial charge in [0, 0.05) is 17.5 Å². The van der Waals surface area contributed by atoms with Crippen LogP contribution in [-0.4, -0.2) is 16.8 Å². The maximum absolute atomic E-state index is 10.2. The van der Waals surface area contributed by atoms with Crippen molar-refractivity contribution < 1.29 is 14.9 Å². The number of fused-ring (bicyclic) bond motifs is 1. The summed E-state index contributed by atoms with van der Waals surface area (Å²) in [5.74, 6) is 0.962. The van der Waals surface area contributed by atoms with Crippen LogP contribution in [0.15, 0.2) is 36.4 Å². The Morgan fingerprint density at radius 1 is 1.20 bits per heavy atom. The topological polar surface area (TPSA) is 75.7 Å². The minimum absolute atomic E-state index is 0.0773. The lowest BCUT2D eigenvalue weighted by Crippen LogP contribution is -2.14. The first kappa shape index (κ1) is 13.0. The fourth-order valence-corrected chi connectivity index (χ4v) is 2.63. The van der Waals surface area contributed by atoms with E-state index < -0.39 is 6.04 Å². The van der Waals surface area contributed by atoms with E-state index >= 15 is 0 Å². The highest BCUT2D eigenvalue weighted by Crippen LogP contribution is 2.37. The molecule has 4 heteroatoms. The fourth-order valence-electron chi connectivity index (χ4n) is 2.63. The van der Waals surface area contributed by atoms with E-state index in [1.54, 1.807) is 12.1 Å². The van der Waals surface area contributed by atoms with Crippen LogP contribution in [0.4, 0.5) is 0 Å². The molecule has 0 aliphatic carbocycles. The van der Waals surface area contributed by atoms with Gasteiger partial charge in [-0.2, -0.15) is 0 Å². The number of benzene rings is 2. The second-order valence-electron chi connectivity index (χ2n) is 4.95. The van der Waals surface area contributed by atoms with E-state index in [-0.39, 0.29) is 12.4 Å². The van der Waals surface area contributed by atoms with Gasteiger partial charge in [0.25, 0.3) is 0 Å². The second kappa shape index (κ2) is 5.15. The van der Waals surface area contributed by atoms with Crippen molar-refractivity contribution in [3.8, 4) is 11.5 Å². The predicted molar refractivity (Wildman–Crippen MR) is 75.7 cm³/mol. The number of aliphatic hydroxyl groups is 1. The first-order chi connectivity index (χ1) is 9.70. The fraction of sp³-hybridized carbons (Fsp3) is 0.250. The molecule has 3 rings (SSSR count). The first-order valence-corrected chi connectivity index (χ1v) is 6.63. The molecule has 0 saturated heterocycles. The van der Waals surface area contributed by atoms with Gasteiger partial charge >= 0.3 is 0 Å². The Bertz CT molecular complexity index is 640. The van der Waals surface area contributed by atoms with E-state index in [1.807, 2.05) is 24.3 Å². The van der Waals surface area contributed by atoms with E-state index in [0.29, 0.717) is 12.2 Å². The molecule has 1 aliphatic rings. The van der Waals surface area contributed by atoms with Gasteiger partial charge < -0.3 is 20.7 Å². The normalized spacial score (nSPS) is 14.7. The Labute approximate surface area is 117 Å². The van der Waals surface area contributed by atoms with Crippen LogP contribution in [-0.2, 0) is 13.0 Å². The molecule has 0 amide bonds. The van der Waals surface area contributed by atoms with Gasteiger partial charge in [-0.3, -0.25) is 0 Å². The van der Waals surface area contributed by atoms with Crippen LogP contribution in [0.1, 0.15) is 28.3 Å². The van der Waals surface area contributed by atoms with Crippen LogP contribution in [0.3, 0.4) is 0 Å². The predicted octanol–water partition coefficient (Wildman–Crippen LogP) is 1.87. The summed E-state index contributed by atoms with van der Waals surface area (Å²) in [4.78, 5) is 0. The van der Waals surface area contributed by atoms with Crippen molar-refractivity contribution in [3.63, 3.8) is 0 Å². The van der Waals surface area contributed by atoms with Crippen molar-refractivity contribution in [2.45, 2.75) is 19.1 Å². The third-order valence-corrected chi connectivity index (χ3v) is 3.73. The van der Waals surface area contributed by atoms with E-state index in [2.05, 4.69) is 0 Å². The Morgan fingerprint density at radius 2 is 2.00 bits per heavy atom. The summed E-state index contributed by atoms with van der Waals surface area (Å²) in [5.41, 5.74) is 9.46. The second-order valence-corrected chi connectivity index (χ2v) is 4.95. The average molecular weight is 271 g/mol. The Balaban J connectivity index is 2.04. The van der Waals surface area contributed by atoms with Crippen molar-refractivity contribution in [1.29, 1.82) is 0 Å². The third kappa shape index (κ3) is 2.13. The smallest absolute Gasteiger partial charge is 0.123 e. The zero-order valence-corrected chi connectivity index (χ0v) is 11.0. The Kier molecular flexibility index (Phi) is 3.34. The van der Waals surface area contributed by atoms with Gasteiger partial charge in [-0.05, 0) is 23.3 Å². The minimum atomic E-state index is -0.493. The number of hydrogen-bond donors (Lipinski definition) is 3. The molecule has 2 aromatic rings. The van der Waals surface area contributed by atoms with Crippen molar-refractivity contribution in [2.24, 2.45) is 5.73 Å². The number of phenolic OH excluding ortho intramolecular Hbond substituents is 1. The van der Waals surface area contributed by atoms with Crippen LogP contribution >= 0.6 is 0 Å². The molecule has 2 aromatic carbocycles. The molecule has 4 N–H and O–H groups in total. The average Bonchev–Trinajstić information content (AvgIpc) is 2.92. The van der Waals surface area contributed by atoms with E-state index in [4.69, 9.17) is 10.5 Å². The summed E-state index contributed by atoms with van der Waals surface area (Å²) in [7, 11) is 0. The maximum atomic E-state index is 10.2. The molecule has 1 atom stereocenters. The summed E-state index contributed by atoms with van der Waals surface area (Å²) >= 11 is 0. The molecule has 0 saturated carbocycles. The first-order valence-electron chi connectivity index (χ1n) is 6.63. The zero-order chi connectivity index (χ0) is 14.1. The highest BCUT2D eigenvalue weighted by molar-refractivity contribution is 5.51. The van der Waals surface area contributed by atoms with Crippen LogP contribution < -0.4 is 10.5 Å². The van der Waals surface area contributed by atoms with Gasteiger partial charge in [-0.15, -0.1) is 0 Å². The summed E-state index contributed by atoms with van der Waals surface area (Å²) in [6, 6.07) is 10.4. The molecule has 1 aliphatic heterocycles. The summed E-state index contributed by atoms with van der Waals surface area (Å²) in [6.07, 6.45) is 0.811. The number of nitrogens with two attached hydrogens (primary N) is 1. The van der Waals surface area contributed by atoms with E-state index in [1.165, 1.54) is 0 Å². The maximum Gasteiger partial charge on any atom is 0.123 e. The van der Waals surface area contributed by atoms with Gasteiger partial charge in [-0.25, -0.2) is 0 Å². The molecule has 20 heavy (non-hydrogen) atoms. The quantitative estimate of drug-likeness (QED) is 0.796. The summed E-state index contributed by atoms with van der Waals surface area (Å²) in [6.45, 7) is 0.562. The minimum Gasteiger partial charge on any atom is -0.508 e. The molecule has 0 bridgehead atoms. The number of rotatable bonds is 3. The number of ether oxygens (including phenoxy) is 1. The molecule has 4 nitrogen and oxygen atoms in total. The molecule has 1 unspecified atom stereocenters. The molecule has 104 valence electrons. The lowest BCUT2D eigenvalue weighted by atomic mass is 9.93. The monoisotopic (exact) mass is 271 g/mol. The highest BCUT2D eigenvalue weighted by atomic mass is 16.5. The summed E-state index contributed by atoms with van der Waals surface area (Å²) in [5, 5.41) is 19.6. The number of aromatic hydroxyl groups is 1. The highest BCUT2D eigenvalue weighted by Gasteiger charge is 2.21. The summed E-state index contributed by atoms with van der Waals surface area (Å²) < 4.78 is 5.52. The van der Waals surface area contributed by atoms with Crippen molar-refractivity contribution in [1.82, 2.24) is 0 Å². The zero-order valence-electron chi connectivity index (χ0n) is 11.0. The number of hydrogen-bond acceptors (Lipinski definition) is 4. The standard InChI is InChI=1S/C16H17NO3/c17-16(12-4-2-1-3-11(12)9-18)13-8-15-10(5-6-20-15)7-14(13)19/h1-4,7-8,16,18-19H,5-6,9,17H2. The molecule has 1 heterocycles. The largest absolute Gasteiger partial charge is 0.508 e. The molecule has 0 fully saturated rings. The van der Waals surface area contributed by atoms with Gasteiger partial charge in [-0.1, -0.05) is 24.3 Å². The third-order valence-electron chi connectivity index (χ3n) is 3.73. The number of phenols is 1. The van der Waals surface area contributed by atoms with Crippen LogP contribution in [0, 0.1) is 0 Å². The molecular weight excluding hydrogens is 254 g/mol. The van der Waals surface area contributed by atoms with E-state index in [9.17, 15) is 10.2 Å². The molecule has 0 spiro atoms. The molecule has 0 radical (unpaired) electrons. The van der Waals surface area contributed by atoms with Crippen molar-refractivity contribution >= 4 is 0 Å². The van der Waals surface area contributed by atoms with Crippen LogP contribution in [0.2, 0.25) is 0 Å². The Morgan fingerprint density at radius 3 is 2.80 bits per heavy atom. The Hall–Kier alpha value is -2.04. The van der Waals surface area contributed by atoms with E-state index in [0.717, 1.165) is 28.9 Å². The molecule has 0 aromatic heterocycles. The van der Waals surface area contributed by atoms with Crippen LogP contribution in [0.5, 0.6) is 11.5 Å². The van der Waals surface area contributed by atoms with Crippen molar-refractivity contribution in [3.05, 3.63) is 58.7 Å². The number of aliphatic hydroxyl groups excluding tert-OH is 1. The van der Waals surface area contributed by atoms with Crippen LogP contribution in [0.25, 0.3) is 0 Å². The van der Waals surface area contributed by atoms with Gasteiger partial charge in [0.2, 0.25) is 0 Å². The lowest BCUT2D eigenvalue weighted by molar-refractivity contribution is 0.280. The van der Waals surface area contributed by atoms with Gasteiger partial charge in [0.1, 0.15) is 11.5 Å². The lowest BCUT2D eigenvalue weighted by Gasteiger charge is -2.18. The SMILES string of the molecule is NC(c1cc2c(cc1O)CCO2)c1ccccc1CO.